The van der Waals surface area contributed by atoms with E-state index in [0.29, 0.717) is 4.88 Å². The van der Waals surface area contributed by atoms with E-state index >= 15 is 0 Å². The smallest absolute Gasteiger partial charge is 0.337 e. The minimum absolute atomic E-state index is 0.190. The van der Waals surface area contributed by atoms with Crippen molar-refractivity contribution >= 4 is 29.4 Å². The lowest BCUT2D eigenvalue weighted by molar-refractivity contribution is -0.134. The molecule has 0 aromatic carbocycles. The van der Waals surface area contributed by atoms with Gasteiger partial charge in [0.15, 0.2) is 0 Å². The lowest BCUT2D eigenvalue weighted by Gasteiger charge is -1.91. The molecule has 1 aromatic rings. The Kier molecular flexibility index (Phi) is 3.41. The zero-order valence-corrected chi connectivity index (χ0v) is 8.21. The summed E-state index contributed by atoms with van der Waals surface area (Å²) >= 11 is 1.25. The van der Waals surface area contributed by atoms with Crippen molar-refractivity contribution in [3.05, 3.63) is 28.0 Å². The number of methoxy groups -OCH3 is 1. The molecular weight excluding hydrogens is 204 g/mol. The average Bonchev–Trinajstić information content (AvgIpc) is 2.62. The van der Waals surface area contributed by atoms with Crippen LogP contribution in [-0.4, -0.2) is 24.2 Å². The number of ether oxygens (including phenoxy) is 1. The van der Waals surface area contributed by atoms with Gasteiger partial charge >= 0.3 is 11.9 Å². The van der Waals surface area contributed by atoms with Crippen LogP contribution in [0.3, 0.4) is 0 Å². The highest BCUT2D eigenvalue weighted by atomic mass is 32.1. The molecule has 0 saturated carbocycles. The van der Waals surface area contributed by atoms with Crippen LogP contribution in [0.1, 0.15) is 15.2 Å². The Hall–Kier alpha value is -1.62. The van der Waals surface area contributed by atoms with Gasteiger partial charge in [-0.05, 0) is 17.5 Å². The molecule has 14 heavy (non-hydrogen) atoms. The molecule has 0 saturated heterocycles. The van der Waals surface area contributed by atoms with Gasteiger partial charge in [0.2, 0.25) is 0 Å². The number of hydrogen-bond acceptors (Lipinski definition) is 4. The Morgan fingerprint density at radius 1 is 1.57 bits per heavy atom. The highest BCUT2D eigenvalue weighted by Gasteiger charge is 2.08. The fourth-order valence-corrected chi connectivity index (χ4v) is 1.62. The lowest BCUT2D eigenvalue weighted by atomic mass is 10.2. The van der Waals surface area contributed by atoms with E-state index < -0.39 is 11.9 Å². The largest absolute Gasteiger partial charge is 0.478 e. The number of carbonyl (C=O) groups is 2. The van der Waals surface area contributed by atoms with Crippen LogP contribution in [0.2, 0.25) is 0 Å². The van der Waals surface area contributed by atoms with E-state index in [4.69, 9.17) is 5.11 Å². The van der Waals surface area contributed by atoms with Gasteiger partial charge in [-0.25, -0.2) is 9.59 Å². The molecule has 1 aromatic heterocycles. The Morgan fingerprint density at radius 3 is 2.86 bits per heavy atom. The van der Waals surface area contributed by atoms with Crippen LogP contribution >= 0.6 is 11.3 Å². The quantitative estimate of drug-likeness (QED) is 0.611. The number of carboxylic acids is 1. The predicted octanol–water partition coefficient (Wildman–Crippen LogP) is 1.63. The topological polar surface area (TPSA) is 63.6 Å². The van der Waals surface area contributed by atoms with Gasteiger partial charge in [0.25, 0.3) is 0 Å². The molecule has 0 fully saturated rings. The first-order valence-electron chi connectivity index (χ1n) is 3.72. The van der Waals surface area contributed by atoms with E-state index in [1.807, 2.05) is 0 Å². The van der Waals surface area contributed by atoms with E-state index in [2.05, 4.69) is 4.74 Å². The normalized spacial score (nSPS) is 10.4. The molecule has 0 aliphatic rings. The first-order chi connectivity index (χ1) is 6.65. The van der Waals surface area contributed by atoms with Crippen molar-refractivity contribution in [2.45, 2.75) is 0 Å². The molecule has 0 bridgehead atoms. The first kappa shape index (κ1) is 10.5. The second-order valence-electron chi connectivity index (χ2n) is 2.36. The monoisotopic (exact) mass is 212 g/mol. The predicted molar refractivity (Wildman–Crippen MR) is 52.3 cm³/mol. The molecule has 0 spiro atoms. The van der Waals surface area contributed by atoms with Gasteiger partial charge in [-0.3, -0.25) is 0 Å². The van der Waals surface area contributed by atoms with Gasteiger partial charge in [0, 0.05) is 11.0 Å². The number of carbonyl (C=O) groups excluding carboxylic acids is 1. The van der Waals surface area contributed by atoms with Crippen LogP contribution in [0.15, 0.2) is 17.5 Å². The molecular formula is C9H8O4S. The standard InChI is InChI=1S/C9H8O4S/c1-13-8(10)3-2-7-6(9(11)12)4-5-14-7/h2-5H,1H3,(H,11,12). The number of hydrogen-bond donors (Lipinski definition) is 1. The molecule has 74 valence electrons. The maximum Gasteiger partial charge on any atom is 0.337 e. The number of thiophene rings is 1. The maximum atomic E-state index is 10.7. The number of carboxylic acid groups (broad SMARTS) is 1. The summed E-state index contributed by atoms with van der Waals surface area (Å²) in [6.45, 7) is 0. The third-order valence-corrected chi connectivity index (χ3v) is 2.38. The van der Waals surface area contributed by atoms with Crippen molar-refractivity contribution in [2.24, 2.45) is 0 Å². The summed E-state index contributed by atoms with van der Waals surface area (Å²) in [5.41, 5.74) is 0.190. The molecule has 0 atom stereocenters. The molecule has 1 heterocycles. The fourth-order valence-electron chi connectivity index (χ4n) is 0.838. The minimum atomic E-state index is -1.00. The van der Waals surface area contributed by atoms with Crippen LogP contribution < -0.4 is 0 Å². The van der Waals surface area contributed by atoms with Gasteiger partial charge < -0.3 is 9.84 Å². The van der Waals surface area contributed by atoms with Crippen molar-refractivity contribution in [2.75, 3.05) is 7.11 Å². The summed E-state index contributed by atoms with van der Waals surface area (Å²) in [6.07, 6.45) is 2.62. The number of esters is 1. The van der Waals surface area contributed by atoms with E-state index in [0.717, 1.165) is 0 Å². The van der Waals surface area contributed by atoms with E-state index in [-0.39, 0.29) is 5.56 Å². The van der Waals surface area contributed by atoms with Crippen LogP contribution in [0.25, 0.3) is 6.08 Å². The van der Waals surface area contributed by atoms with Crippen LogP contribution in [0.4, 0.5) is 0 Å². The Morgan fingerprint density at radius 2 is 2.29 bits per heavy atom. The van der Waals surface area contributed by atoms with E-state index in [1.54, 1.807) is 5.38 Å². The zero-order chi connectivity index (χ0) is 10.6. The van der Waals surface area contributed by atoms with Crippen molar-refractivity contribution in [1.82, 2.24) is 0 Å². The SMILES string of the molecule is COC(=O)C=Cc1sccc1C(=O)O. The fraction of sp³-hybridized carbons (Fsp3) is 0.111. The molecule has 0 radical (unpaired) electrons. The van der Waals surface area contributed by atoms with Gasteiger partial charge in [-0.15, -0.1) is 11.3 Å². The maximum absolute atomic E-state index is 10.7. The second kappa shape index (κ2) is 4.57. The lowest BCUT2D eigenvalue weighted by Crippen LogP contribution is -1.96. The third kappa shape index (κ3) is 2.43. The van der Waals surface area contributed by atoms with Gasteiger partial charge in [-0.1, -0.05) is 0 Å². The van der Waals surface area contributed by atoms with Gasteiger partial charge in [0.1, 0.15) is 0 Å². The summed E-state index contributed by atoms with van der Waals surface area (Å²) in [6, 6.07) is 1.49. The zero-order valence-electron chi connectivity index (χ0n) is 7.39. The van der Waals surface area contributed by atoms with Crippen molar-refractivity contribution in [3.8, 4) is 0 Å². The molecule has 0 amide bonds. The Bertz CT molecular complexity index is 378. The summed E-state index contributed by atoms with van der Waals surface area (Å²) in [5.74, 6) is -1.51. The molecule has 1 N–H and O–H groups in total. The minimum Gasteiger partial charge on any atom is -0.478 e. The average molecular weight is 212 g/mol. The van der Waals surface area contributed by atoms with Crippen molar-refractivity contribution in [1.29, 1.82) is 0 Å². The second-order valence-corrected chi connectivity index (χ2v) is 3.31. The number of rotatable bonds is 3. The number of aromatic carboxylic acids is 1. The van der Waals surface area contributed by atoms with E-state index in [9.17, 15) is 9.59 Å². The van der Waals surface area contributed by atoms with Gasteiger partial charge in [0.05, 0.1) is 12.7 Å². The molecule has 0 unspecified atom stereocenters. The van der Waals surface area contributed by atoms with Crippen LogP contribution in [0, 0.1) is 0 Å². The Labute approximate surface area is 84.4 Å². The van der Waals surface area contributed by atoms with E-state index in [1.165, 1.54) is 36.7 Å². The van der Waals surface area contributed by atoms with Crippen molar-refractivity contribution < 1.29 is 19.4 Å². The molecule has 0 aliphatic carbocycles. The van der Waals surface area contributed by atoms with Crippen LogP contribution in [-0.2, 0) is 9.53 Å². The first-order valence-corrected chi connectivity index (χ1v) is 4.60. The molecule has 1 rings (SSSR count). The summed E-state index contributed by atoms with van der Waals surface area (Å²) in [4.78, 5) is 21.9. The summed E-state index contributed by atoms with van der Waals surface area (Å²) in [7, 11) is 1.26. The third-order valence-electron chi connectivity index (χ3n) is 1.50. The van der Waals surface area contributed by atoms with Gasteiger partial charge in [-0.2, -0.15) is 0 Å². The molecule has 0 aliphatic heterocycles. The Balaban J connectivity index is 2.86. The summed E-state index contributed by atoms with van der Waals surface area (Å²) < 4.78 is 4.38. The molecule has 5 heteroatoms. The highest BCUT2D eigenvalue weighted by Crippen LogP contribution is 2.18. The molecule has 4 nitrogen and oxygen atoms in total. The van der Waals surface area contributed by atoms with Crippen molar-refractivity contribution in [3.63, 3.8) is 0 Å². The summed E-state index contributed by atoms with van der Waals surface area (Å²) in [5, 5.41) is 10.4. The highest BCUT2D eigenvalue weighted by molar-refractivity contribution is 7.11. The van der Waals surface area contributed by atoms with Crippen LogP contribution in [0.5, 0.6) is 0 Å².